The summed E-state index contributed by atoms with van der Waals surface area (Å²) in [6.07, 6.45) is 4.14. The lowest BCUT2D eigenvalue weighted by atomic mass is 9.99. The molecule has 2 saturated heterocycles. The minimum atomic E-state index is -0.104. The van der Waals surface area contributed by atoms with Gasteiger partial charge in [0.05, 0.1) is 6.10 Å². The Morgan fingerprint density at radius 3 is 2.53 bits per heavy atom. The van der Waals surface area contributed by atoms with Gasteiger partial charge in [0.1, 0.15) is 5.75 Å². The molecule has 0 amide bonds. The van der Waals surface area contributed by atoms with Crippen LogP contribution in [0.2, 0.25) is 0 Å². The lowest BCUT2D eigenvalue weighted by Crippen LogP contribution is -2.44. The van der Waals surface area contributed by atoms with Crippen molar-refractivity contribution in [3.63, 3.8) is 0 Å². The van der Waals surface area contributed by atoms with Gasteiger partial charge in [-0.25, -0.2) is 0 Å². The fourth-order valence-electron chi connectivity index (χ4n) is 3.37. The summed E-state index contributed by atoms with van der Waals surface area (Å²) in [6, 6.07) is 8.56. The molecular formula is C14H19NO2. The minimum Gasteiger partial charge on any atom is -0.508 e. The van der Waals surface area contributed by atoms with E-state index in [1.54, 1.807) is 6.07 Å². The molecule has 2 N–H and O–H groups in total. The van der Waals surface area contributed by atoms with Gasteiger partial charge >= 0.3 is 0 Å². The number of rotatable bonds is 2. The van der Waals surface area contributed by atoms with E-state index in [1.165, 1.54) is 18.4 Å². The Bertz CT molecular complexity index is 393. The summed E-state index contributed by atoms with van der Waals surface area (Å²) in [5.41, 5.74) is 1.17. The van der Waals surface area contributed by atoms with Crippen LogP contribution in [0.1, 0.15) is 31.2 Å². The Hall–Kier alpha value is -1.06. The lowest BCUT2D eigenvalue weighted by Gasteiger charge is -2.37. The highest BCUT2D eigenvalue weighted by Gasteiger charge is 2.39. The zero-order chi connectivity index (χ0) is 11.8. The number of aliphatic hydroxyl groups excluding tert-OH is 1. The van der Waals surface area contributed by atoms with E-state index in [1.807, 2.05) is 12.1 Å². The Labute approximate surface area is 102 Å². The van der Waals surface area contributed by atoms with Crippen LogP contribution in [0.15, 0.2) is 24.3 Å². The van der Waals surface area contributed by atoms with Crippen molar-refractivity contribution >= 4 is 0 Å². The van der Waals surface area contributed by atoms with Crippen LogP contribution in [-0.2, 0) is 6.54 Å². The minimum absolute atomic E-state index is 0.104. The van der Waals surface area contributed by atoms with Gasteiger partial charge in [0.25, 0.3) is 0 Å². The number of piperidine rings is 1. The van der Waals surface area contributed by atoms with Crippen molar-refractivity contribution in [1.29, 1.82) is 0 Å². The Morgan fingerprint density at radius 2 is 1.88 bits per heavy atom. The summed E-state index contributed by atoms with van der Waals surface area (Å²) in [5.74, 6) is 0.340. The van der Waals surface area contributed by atoms with Crippen LogP contribution in [0.25, 0.3) is 0 Å². The fraction of sp³-hybridized carbons (Fsp3) is 0.571. The molecule has 3 rings (SSSR count). The zero-order valence-electron chi connectivity index (χ0n) is 9.92. The smallest absolute Gasteiger partial charge is 0.115 e. The molecule has 0 aliphatic carbocycles. The standard InChI is InChI=1S/C14H19NO2/c16-13-3-1-2-10(6-13)9-15-11-4-5-12(15)8-14(17)7-11/h1-3,6,11-12,14,16-17H,4-5,7-9H2. The maximum absolute atomic E-state index is 9.75. The highest BCUT2D eigenvalue weighted by Crippen LogP contribution is 2.36. The number of fused-ring (bicyclic) bond motifs is 2. The first kappa shape index (κ1) is 11.1. The first-order valence-corrected chi connectivity index (χ1v) is 6.44. The second kappa shape index (κ2) is 4.31. The molecule has 92 valence electrons. The molecule has 2 bridgehead atoms. The Balaban J connectivity index is 1.74. The van der Waals surface area contributed by atoms with E-state index in [4.69, 9.17) is 0 Å². The molecule has 2 heterocycles. The first-order valence-electron chi connectivity index (χ1n) is 6.44. The van der Waals surface area contributed by atoms with Gasteiger partial charge in [-0.2, -0.15) is 0 Å². The normalized spacial score (nSPS) is 32.9. The highest BCUT2D eigenvalue weighted by atomic mass is 16.3. The highest BCUT2D eigenvalue weighted by molar-refractivity contribution is 5.27. The van der Waals surface area contributed by atoms with Crippen molar-refractivity contribution in [1.82, 2.24) is 4.90 Å². The van der Waals surface area contributed by atoms with Crippen LogP contribution in [0, 0.1) is 0 Å². The molecule has 2 fully saturated rings. The number of nitrogens with zero attached hydrogens (tertiary/aromatic N) is 1. The SMILES string of the molecule is Oc1cccc(CN2C3CCC2CC(O)C3)c1. The van der Waals surface area contributed by atoms with Crippen LogP contribution in [0.4, 0.5) is 0 Å². The van der Waals surface area contributed by atoms with Crippen LogP contribution in [0.5, 0.6) is 5.75 Å². The van der Waals surface area contributed by atoms with Crippen molar-refractivity contribution < 1.29 is 10.2 Å². The van der Waals surface area contributed by atoms with E-state index < -0.39 is 0 Å². The zero-order valence-corrected chi connectivity index (χ0v) is 9.92. The van der Waals surface area contributed by atoms with Crippen LogP contribution >= 0.6 is 0 Å². The molecule has 0 spiro atoms. The van der Waals surface area contributed by atoms with E-state index in [9.17, 15) is 10.2 Å². The quantitative estimate of drug-likeness (QED) is 0.819. The summed E-state index contributed by atoms with van der Waals surface area (Å²) in [5, 5.41) is 19.2. The van der Waals surface area contributed by atoms with Crippen molar-refractivity contribution in [3.05, 3.63) is 29.8 Å². The third kappa shape index (κ3) is 2.17. The van der Waals surface area contributed by atoms with Gasteiger partial charge < -0.3 is 10.2 Å². The maximum Gasteiger partial charge on any atom is 0.115 e. The molecule has 17 heavy (non-hydrogen) atoms. The van der Waals surface area contributed by atoms with Crippen LogP contribution < -0.4 is 0 Å². The lowest BCUT2D eigenvalue weighted by molar-refractivity contribution is 0.0310. The maximum atomic E-state index is 9.75. The average molecular weight is 233 g/mol. The van der Waals surface area contributed by atoms with Gasteiger partial charge in [0, 0.05) is 18.6 Å². The molecule has 0 saturated carbocycles. The predicted octanol–water partition coefficient (Wildman–Crippen LogP) is 1.88. The predicted molar refractivity (Wildman–Crippen MR) is 65.7 cm³/mol. The van der Waals surface area contributed by atoms with Gasteiger partial charge in [0.2, 0.25) is 0 Å². The average Bonchev–Trinajstić information content (AvgIpc) is 2.54. The van der Waals surface area contributed by atoms with Gasteiger partial charge in [-0.05, 0) is 43.4 Å². The number of aromatic hydroxyl groups is 1. The Kier molecular flexibility index (Phi) is 2.81. The molecule has 2 unspecified atom stereocenters. The van der Waals surface area contributed by atoms with Crippen molar-refractivity contribution in [3.8, 4) is 5.75 Å². The van der Waals surface area contributed by atoms with Crippen LogP contribution in [-0.4, -0.2) is 33.3 Å². The summed E-state index contributed by atoms with van der Waals surface area (Å²) in [4.78, 5) is 2.50. The number of phenols is 1. The second-order valence-corrected chi connectivity index (χ2v) is 5.35. The number of phenolic OH excluding ortho intramolecular Hbond substituents is 1. The molecule has 3 nitrogen and oxygen atoms in total. The molecule has 1 aromatic rings. The topological polar surface area (TPSA) is 43.7 Å². The van der Waals surface area contributed by atoms with E-state index in [2.05, 4.69) is 11.0 Å². The summed E-state index contributed by atoms with van der Waals surface area (Å²) in [6.45, 7) is 0.899. The molecule has 0 radical (unpaired) electrons. The molecule has 0 aromatic heterocycles. The third-order valence-corrected chi connectivity index (χ3v) is 4.14. The number of hydrogen-bond acceptors (Lipinski definition) is 3. The summed E-state index contributed by atoms with van der Waals surface area (Å²) < 4.78 is 0. The number of hydrogen-bond donors (Lipinski definition) is 2. The molecule has 2 atom stereocenters. The van der Waals surface area contributed by atoms with Crippen molar-refractivity contribution in [2.24, 2.45) is 0 Å². The molecule has 2 aliphatic heterocycles. The van der Waals surface area contributed by atoms with E-state index in [0.29, 0.717) is 17.8 Å². The van der Waals surface area contributed by atoms with Gasteiger partial charge in [-0.3, -0.25) is 4.90 Å². The molecule has 2 aliphatic rings. The first-order chi connectivity index (χ1) is 8.22. The second-order valence-electron chi connectivity index (χ2n) is 5.35. The van der Waals surface area contributed by atoms with E-state index >= 15 is 0 Å². The van der Waals surface area contributed by atoms with Gasteiger partial charge in [0.15, 0.2) is 0 Å². The van der Waals surface area contributed by atoms with E-state index in [-0.39, 0.29) is 6.10 Å². The Morgan fingerprint density at radius 1 is 1.18 bits per heavy atom. The monoisotopic (exact) mass is 233 g/mol. The summed E-state index contributed by atoms with van der Waals surface area (Å²) >= 11 is 0. The van der Waals surface area contributed by atoms with E-state index in [0.717, 1.165) is 19.4 Å². The van der Waals surface area contributed by atoms with Crippen molar-refractivity contribution in [2.75, 3.05) is 0 Å². The summed E-state index contributed by atoms with van der Waals surface area (Å²) in [7, 11) is 0. The third-order valence-electron chi connectivity index (χ3n) is 4.14. The molecular weight excluding hydrogens is 214 g/mol. The number of aliphatic hydroxyl groups is 1. The molecule has 3 heteroatoms. The van der Waals surface area contributed by atoms with Gasteiger partial charge in [-0.15, -0.1) is 0 Å². The van der Waals surface area contributed by atoms with Gasteiger partial charge in [-0.1, -0.05) is 12.1 Å². The number of benzene rings is 1. The van der Waals surface area contributed by atoms with Crippen molar-refractivity contribution in [2.45, 2.75) is 50.4 Å². The van der Waals surface area contributed by atoms with Crippen LogP contribution in [0.3, 0.4) is 0 Å². The fourth-order valence-corrected chi connectivity index (χ4v) is 3.37. The largest absolute Gasteiger partial charge is 0.508 e. The molecule has 1 aromatic carbocycles.